The highest BCUT2D eigenvalue weighted by Crippen LogP contribution is 2.47. The van der Waals surface area contributed by atoms with Gasteiger partial charge in [-0.3, -0.25) is 15.0 Å². The number of aromatic nitrogens is 1. The molecule has 1 aromatic carbocycles. The lowest BCUT2D eigenvalue weighted by Gasteiger charge is -2.25. The van der Waals surface area contributed by atoms with Crippen molar-refractivity contribution < 1.29 is 23.9 Å². The Balaban J connectivity index is 1.40. The van der Waals surface area contributed by atoms with Crippen LogP contribution in [0, 0.1) is 0 Å². The van der Waals surface area contributed by atoms with E-state index >= 15 is 0 Å². The molecule has 4 rings (SSSR count). The van der Waals surface area contributed by atoms with Crippen LogP contribution in [0.1, 0.15) is 39.2 Å². The number of rotatable bonds is 5. The van der Waals surface area contributed by atoms with E-state index in [9.17, 15) is 14.4 Å². The van der Waals surface area contributed by atoms with Crippen LogP contribution in [0.2, 0.25) is 5.02 Å². The van der Waals surface area contributed by atoms with Crippen LogP contribution in [-0.2, 0) is 19.7 Å². The normalized spacial score (nSPS) is 18.9. The van der Waals surface area contributed by atoms with E-state index in [-0.39, 0.29) is 18.1 Å². The number of carbonyl (C=O) groups is 3. The third kappa shape index (κ3) is 5.90. The van der Waals surface area contributed by atoms with Crippen LogP contribution in [0.25, 0.3) is 0 Å². The summed E-state index contributed by atoms with van der Waals surface area (Å²) in [4.78, 5) is 45.0. The maximum absolute atomic E-state index is 13.3. The fourth-order valence-corrected chi connectivity index (χ4v) is 6.53. The van der Waals surface area contributed by atoms with Gasteiger partial charge in [-0.15, -0.1) is 11.8 Å². The average Bonchev–Trinajstić information content (AvgIpc) is 3.51. The fourth-order valence-electron chi connectivity index (χ4n) is 4.50. The zero-order valence-electron chi connectivity index (χ0n) is 20.6. The summed E-state index contributed by atoms with van der Waals surface area (Å²) in [5.74, 6) is 0.316. The third-order valence-corrected chi connectivity index (χ3v) is 8.33. The van der Waals surface area contributed by atoms with Crippen LogP contribution in [0.5, 0.6) is 0 Å². The monoisotopic (exact) mass is 552 g/mol. The first-order chi connectivity index (χ1) is 17.0. The number of nitrogens with one attached hydrogen (secondary N) is 1. The zero-order chi connectivity index (χ0) is 26.1. The molecule has 1 N–H and O–H groups in total. The number of thioether (sulfide) groups is 1. The largest absolute Gasteiger partial charge is 0.460 e. The van der Waals surface area contributed by atoms with Gasteiger partial charge in [-0.2, -0.15) is 0 Å². The minimum atomic E-state index is -0.502. The number of carbonyl (C=O) groups excluding carboxylic acids is 3. The second kappa shape index (κ2) is 10.5. The van der Waals surface area contributed by atoms with Crippen LogP contribution in [0.4, 0.5) is 20.4 Å². The Morgan fingerprint density at radius 3 is 2.78 bits per heavy atom. The lowest BCUT2D eigenvalue weighted by molar-refractivity contribution is -0.154. The average molecular weight is 553 g/mol. The van der Waals surface area contributed by atoms with Gasteiger partial charge in [-0.25, -0.2) is 14.6 Å². The van der Waals surface area contributed by atoms with Crippen molar-refractivity contribution in [1.82, 2.24) is 9.88 Å². The molecule has 1 atom stereocenters. The van der Waals surface area contributed by atoms with Crippen LogP contribution < -0.4 is 10.2 Å². The second-order valence-corrected chi connectivity index (χ2v) is 12.6. The van der Waals surface area contributed by atoms with Crippen molar-refractivity contribution in [2.24, 2.45) is 0 Å². The molecule has 0 unspecified atom stereocenters. The van der Waals surface area contributed by atoms with Gasteiger partial charge in [0, 0.05) is 41.5 Å². The third-order valence-electron chi connectivity index (χ3n) is 5.98. The maximum atomic E-state index is 13.3. The smallest absolute Gasteiger partial charge is 0.409 e. The molecular formula is C24H29ClN4O5S2. The standard InChI is InChI=1S/C24H29ClN4O5S2/c1-23(2,3)34-18(30)7-10-35-19-12-26-20(36-19)27-21(31)29-14-24(8-9-28(13-24)22(32)33-4)16-11-15(25)5-6-17(16)29/h5-6,11-12H,7-10,13-14H2,1-4H3,(H,26,27,31)/t24-/m1/s1. The van der Waals surface area contributed by atoms with E-state index in [1.165, 1.54) is 30.2 Å². The highest BCUT2D eigenvalue weighted by atomic mass is 35.5. The molecule has 2 aliphatic heterocycles. The van der Waals surface area contributed by atoms with E-state index in [0.717, 1.165) is 15.5 Å². The van der Waals surface area contributed by atoms with Crippen molar-refractivity contribution in [3.8, 4) is 0 Å². The van der Waals surface area contributed by atoms with Gasteiger partial charge in [0.05, 0.1) is 23.9 Å². The molecule has 3 heterocycles. The lowest BCUT2D eigenvalue weighted by atomic mass is 9.81. The topological polar surface area (TPSA) is 101 Å². The van der Waals surface area contributed by atoms with E-state index in [1.54, 1.807) is 22.1 Å². The summed E-state index contributed by atoms with van der Waals surface area (Å²) in [6.45, 7) is 6.94. The van der Waals surface area contributed by atoms with Crippen molar-refractivity contribution >= 4 is 63.6 Å². The van der Waals surface area contributed by atoms with E-state index in [1.807, 2.05) is 32.9 Å². The minimum Gasteiger partial charge on any atom is -0.460 e. The second-order valence-electron chi connectivity index (χ2n) is 9.77. The minimum absolute atomic E-state index is 0.243. The Morgan fingerprint density at radius 2 is 2.06 bits per heavy atom. The van der Waals surface area contributed by atoms with E-state index in [4.69, 9.17) is 21.1 Å². The number of thiazole rings is 1. The summed E-state index contributed by atoms with van der Waals surface area (Å²) in [6.07, 6.45) is 2.30. The Hall–Kier alpha value is -2.50. The molecule has 0 saturated carbocycles. The molecule has 2 aromatic rings. The molecule has 3 amide bonds. The summed E-state index contributed by atoms with van der Waals surface area (Å²) in [7, 11) is 1.37. The number of esters is 1. The molecule has 1 fully saturated rings. The van der Waals surface area contributed by atoms with Gasteiger partial charge in [0.25, 0.3) is 0 Å². The number of anilines is 2. The first kappa shape index (κ1) is 26.6. The Morgan fingerprint density at radius 1 is 1.28 bits per heavy atom. The number of methoxy groups -OCH3 is 1. The first-order valence-electron chi connectivity index (χ1n) is 11.5. The molecule has 9 nitrogen and oxygen atoms in total. The van der Waals surface area contributed by atoms with Crippen molar-refractivity contribution in [2.75, 3.05) is 42.7 Å². The molecule has 0 bridgehead atoms. The molecular weight excluding hydrogens is 524 g/mol. The molecule has 1 saturated heterocycles. The molecule has 0 radical (unpaired) electrons. The first-order valence-corrected chi connectivity index (χ1v) is 13.7. The van der Waals surface area contributed by atoms with E-state index in [0.29, 0.717) is 48.4 Å². The van der Waals surface area contributed by atoms with Crippen LogP contribution >= 0.6 is 34.7 Å². The molecule has 0 aliphatic carbocycles. The zero-order valence-corrected chi connectivity index (χ0v) is 23.0. The van der Waals surface area contributed by atoms with Gasteiger partial charge in [-0.05, 0) is 51.0 Å². The van der Waals surface area contributed by atoms with Crippen molar-refractivity contribution in [3.05, 3.63) is 35.0 Å². The van der Waals surface area contributed by atoms with Crippen molar-refractivity contribution in [3.63, 3.8) is 0 Å². The molecule has 1 spiro atoms. The highest BCUT2D eigenvalue weighted by Gasteiger charge is 2.50. The predicted octanol–water partition coefficient (Wildman–Crippen LogP) is 5.38. The summed E-state index contributed by atoms with van der Waals surface area (Å²) in [5, 5.41) is 3.95. The number of amides is 3. The SMILES string of the molecule is COC(=O)N1CC[C@@]2(C1)CN(C(=O)Nc1ncc(SCCC(=O)OC(C)(C)C)s1)c1ccc(Cl)cc12. The number of halogens is 1. The Labute approximate surface area is 223 Å². The molecule has 2 aliphatic rings. The fraction of sp³-hybridized carbons (Fsp3) is 0.500. The summed E-state index contributed by atoms with van der Waals surface area (Å²) in [6, 6.07) is 5.18. The van der Waals surface area contributed by atoms with Crippen LogP contribution in [0.15, 0.2) is 28.6 Å². The summed E-state index contributed by atoms with van der Waals surface area (Å²) in [5.41, 5.74) is 0.816. The number of likely N-dealkylation sites (tertiary alicyclic amines) is 1. The van der Waals surface area contributed by atoms with Crippen molar-refractivity contribution in [1.29, 1.82) is 0 Å². The molecule has 12 heteroatoms. The summed E-state index contributed by atoms with van der Waals surface area (Å²) < 4.78 is 11.1. The van der Waals surface area contributed by atoms with Crippen molar-refractivity contribution in [2.45, 2.75) is 48.8 Å². The van der Waals surface area contributed by atoms with E-state index in [2.05, 4.69) is 10.3 Å². The number of ether oxygens (including phenoxy) is 2. The van der Waals surface area contributed by atoms with Crippen LogP contribution in [0.3, 0.4) is 0 Å². The van der Waals surface area contributed by atoms with Gasteiger partial charge in [0.1, 0.15) is 5.60 Å². The number of fused-ring (bicyclic) bond motifs is 2. The molecule has 1 aromatic heterocycles. The Kier molecular flexibility index (Phi) is 7.72. The van der Waals surface area contributed by atoms with Gasteiger partial charge >= 0.3 is 18.1 Å². The van der Waals surface area contributed by atoms with Gasteiger partial charge in [0.2, 0.25) is 0 Å². The maximum Gasteiger partial charge on any atom is 0.409 e. The quantitative estimate of drug-likeness (QED) is 0.392. The molecule has 36 heavy (non-hydrogen) atoms. The predicted molar refractivity (Wildman–Crippen MR) is 141 cm³/mol. The van der Waals surface area contributed by atoms with E-state index < -0.39 is 11.0 Å². The number of nitrogens with zero attached hydrogens (tertiary/aromatic N) is 3. The van der Waals surface area contributed by atoms with Crippen LogP contribution in [-0.4, -0.2) is 66.1 Å². The molecule has 194 valence electrons. The number of hydrogen-bond donors (Lipinski definition) is 1. The van der Waals surface area contributed by atoms with Gasteiger partial charge in [0.15, 0.2) is 5.13 Å². The Bertz CT molecular complexity index is 1170. The lowest BCUT2D eigenvalue weighted by Crippen LogP contribution is -2.41. The number of hydrogen-bond acceptors (Lipinski definition) is 8. The van der Waals surface area contributed by atoms with Gasteiger partial charge < -0.3 is 14.4 Å². The highest BCUT2D eigenvalue weighted by molar-refractivity contribution is 8.01. The number of benzene rings is 1. The number of urea groups is 1. The van der Waals surface area contributed by atoms with Gasteiger partial charge in [-0.1, -0.05) is 22.9 Å². The summed E-state index contributed by atoms with van der Waals surface area (Å²) >= 11 is 9.14.